The van der Waals surface area contributed by atoms with Crippen LogP contribution in [-0.4, -0.2) is 39.5 Å². The molecule has 1 unspecified atom stereocenters. The van der Waals surface area contributed by atoms with E-state index >= 15 is 0 Å². The van der Waals surface area contributed by atoms with E-state index in [2.05, 4.69) is 15.9 Å². The fourth-order valence-electron chi connectivity index (χ4n) is 2.20. The minimum atomic E-state index is -3.53. The van der Waals surface area contributed by atoms with Gasteiger partial charge in [-0.05, 0) is 28.3 Å². The summed E-state index contributed by atoms with van der Waals surface area (Å²) in [5.41, 5.74) is 5.45. The second-order valence-corrected chi connectivity index (χ2v) is 7.15. The summed E-state index contributed by atoms with van der Waals surface area (Å²) in [7, 11) is -1.91. The number of ether oxygens (including phenoxy) is 1. The molecule has 2 rings (SSSR count). The van der Waals surface area contributed by atoms with Crippen LogP contribution < -0.4 is 5.73 Å². The first-order valence-corrected chi connectivity index (χ1v) is 8.19. The first kappa shape index (κ1) is 15.0. The lowest BCUT2D eigenvalue weighted by atomic mass is 10.1. The summed E-state index contributed by atoms with van der Waals surface area (Å²) in [6.07, 6.45) is 0.812. The summed E-state index contributed by atoms with van der Waals surface area (Å²) in [5.74, 6) is 0.692. The molecule has 19 heavy (non-hydrogen) atoms. The molecule has 2 heterocycles. The fourth-order valence-corrected chi connectivity index (χ4v) is 4.69. The lowest BCUT2D eigenvalue weighted by molar-refractivity contribution is 0.157. The molecule has 1 aromatic heterocycles. The molecule has 0 spiro atoms. The van der Waals surface area contributed by atoms with Gasteiger partial charge in [-0.25, -0.2) is 8.42 Å². The largest absolute Gasteiger partial charge is 0.452 e. The molecule has 0 aliphatic carbocycles. The Morgan fingerprint density at radius 1 is 1.63 bits per heavy atom. The van der Waals surface area contributed by atoms with Crippen LogP contribution in [-0.2, 0) is 21.3 Å². The van der Waals surface area contributed by atoms with E-state index in [4.69, 9.17) is 14.9 Å². The summed E-state index contributed by atoms with van der Waals surface area (Å²) in [5, 5.41) is 0. The molecule has 8 heteroatoms. The van der Waals surface area contributed by atoms with Crippen LogP contribution in [0.5, 0.6) is 0 Å². The van der Waals surface area contributed by atoms with E-state index in [9.17, 15) is 8.42 Å². The average Bonchev–Trinajstić information content (AvgIpc) is 2.96. The van der Waals surface area contributed by atoms with Crippen molar-refractivity contribution >= 4 is 26.0 Å². The Kier molecular flexibility index (Phi) is 4.67. The van der Waals surface area contributed by atoms with Gasteiger partial charge in [0.05, 0.1) is 13.2 Å². The number of hydrogen-bond donors (Lipinski definition) is 1. The van der Waals surface area contributed by atoms with Crippen molar-refractivity contribution in [1.82, 2.24) is 4.31 Å². The Morgan fingerprint density at radius 3 is 2.95 bits per heavy atom. The third-order valence-electron chi connectivity index (χ3n) is 3.18. The Labute approximate surface area is 121 Å². The van der Waals surface area contributed by atoms with Gasteiger partial charge in [0.15, 0.2) is 4.67 Å². The number of halogens is 1. The highest BCUT2D eigenvalue weighted by Crippen LogP contribution is 2.31. The summed E-state index contributed by atoms with van der Waals surface area (Å²) in [6, 6.07) is 1.48. The number of sulfonamides is 1. The van der Waals surface area contributed by atoms with Gasteiger partial charge >= 0.3 is 0 Å². The van der Waals surface area contributed by atoms with Crippen LogP contribution in [0.1, 0.15) is 12.2 Å². The second kappa shape index (κ2) is 5.92. The highest BCUT2D eigenvalue weighted by atomic mass is 79.9. The van der Waals surface area contributed by atoms with Gasteiger partial charge in [-0.3, -0.25) is 0 Å². The molecule has 0 bridgehead atoms. The van der Waals surface area contributed by atoms with E-state index in [1.807, 2.05) is 0 Å². The first-order chi connectivity index (χ1) is 8.98. The Balaban J connectivity index is 2.21. The predicted octanol–water partition coefficient (Wildman–Crippen LogP) is 1.16. The lowest BCUT2D eigenvalue weighted by Crippen LogP contribution is -2.29. The number of hydrogen-bond acceptors (Lipinski definition) is 5. The lowest BCUT2D eigenvalue weighted by Gasteiger charge is -2.15. The van der Waals surface area contributed by atoms with Crippen molar-refractivity contribution in [3.05, 3.63) is 16.5 Å². The number of nitrogens with two attached hydrogens (primary N) is 1. The van der Waals surface area contributed by atoms with Crippen molar-refractivity contribution in [1.29, 1.82) is 0 Å². The van der Waals surface area contributed by atoms with E-state index in [1.165, 1.54) is 10.4 Å². The third-order valence-corrected chi connectivity index (χ3v) is 5.90. The van der Waals surface area contributed by atoms with Crippen LogP contribution in [0.2, 0.25) is 0 Å². The molecule has 1 saturated heterocycles. The maximum Gasteiger partial charge on any atom is 0.247 e. The standard InChI is InChI=1S/C11H17BrN2O4S/c1-17-7-8-2-3-14(6-8)19(15,16)10-4-9(5-13)18-11(10)12/h4,8H,2-3,5-7,13H2,1H3. The molecule has 6 nitrogen and oxygen atoms in total. The van der Waals surface area contributed by atoms with Gasteiger partial charge in [0.2, 0.25) is 10.0 Å². The number of methoxy groups -OCH3 is 1. The van der Waals surface area contributed by atoms with E-state index in [0.717, 1.165) is 6.42 Å². The molecule has 1 atom stereocenters. The molecule has 1 fully saturated rings. The second-order valence-electron chi connectivity index (χ2n) is 4.53. The van der Waals surface area contributed by atoms with Crippen molar-refractivity contribution in [3.63, 3.8) is 0 Å². The van der Waals surface area contributed by atoms with Gasteiger partial charge in [-0.1, -0.05) is 0 Å². The van der Waals surface area contributed by atoms with Gasteiger partial charge in [0, 0.05) is 26.3 Å². The highest BCUT2D eigenvalue weighted by Gasteiger charge is 2.35. The molecule has 2 N–H and O–H groups in total. The molecule has 0 amide bonds. The molecular weight excluding hydrogens is 336 g/mol. The maximum atomic E-state index is 12.5. The average molecular weight is 353 g/mol. The zero-order valence-electron chi connectivity index (χ0n) is 10.6. The SMILES string of the molecule is COCC1CCN(S(=O)(=O)c2cc(CN)oc2Br)C1. The van der Waals surface area contributed by atoms with Crippen LogP contribution in [0, 0.1) is 5.92 Å². The minimum Gasteiger partial charge on any atom is -0.452 e. The van der Waals surface area contributed by atoms with Crippen LogP contribution in [0.15, 0.2) is 20.0 Å². The van der Waals surface area contributed by atoms with Crippen molar-refractivity contribution in [2.75, 3.05) is 26.8 Å². The van der Waals surface area contributed by atoms with Crippen molar-refractivity contribution in [2.24, 2.45) is 11.7 Å². The van der Waals surface area contributed by atoms with Crippen molar-refractivity contribution < 1.29 is 17.6 Å². The number of rotatable bonds is 5. The van der Waals surface area contributed by atoms with Crippen molar-refractivity contribution in [3.8, 4) is 0 Å². The predicted molar refractivity (Wildman–Crippen MR) is 73.0 cm³/mol. The Bertz CT molecular complexity index is 543. The Morgan fingerprint density at radius 2 is 2.37 bits per heavy atom. The van der Waals surface area contributed by atoms with Gasteiger partial charge in [-0.15, -0.1) is 0 Å². The molecule has 0 radical (unpaired) electrons. The molecule has 1 aromatic rings. The van der Waals surface area contributed by atoms with Gasteiger partial charge in [0.1, 0.15) is 10.7 Å². The molecule has 0 aromatic carbocycles. The maximum absolute atomic E-state index is 12.5. The highest BCUT2D eigenvalue weighted by molar-refractivity contribution is 9.10. The summed E-state index contributed by atoms with van der Waals surface area (Å²) in [4.78, 5) is 0.144. The van der Waals surface area contributed by atoms with E-state index in [-0.39, 0.29) is 22.0 Å². The van der Waals surface area contributed by atoms with E-state index < -0.39 is 10.0 Å². The van der Waals surface area contributed by atoms with Crippen molar-refractivity contribution in [2.45, 2.75) is 17.9 Å². The van der Waals surface area contributed by atoms with E-state index in [1.54, 1.807) is 7.11 Å². The minimum absolute atomic E-state index is 0.144. The van der Waals surface area contributed by atoms with Crippen LogP contribution in [0.25, 0.3) is 0 Å². The molecule has 1 aliphatic heterocycles. The van der Waals surface area contributed by atoms with Crippen LogP contribution >= 0.6 is 15.9 Å². The van der Waals surface area contributed by atoms with Gasteiger partial charge in [0.25, 0.3) is 0 Å². The quantitative estimate of drug-likeness (QED) is 0.859. The molecule has 1 aliphatic rings. The summed E-state index contributed by atoms with van der Waals surface area (Å²) < 4.78 is 37.0. The van der Waals surface area contributed by atoms with E-state index in [0.29, 0.717) is 25.5 Å². The molecule has 0 saturated carbocycles. The van der Waals surface area contributed by atoms with Crippen LogP contribution in [0.3, 0.4) is 0 Å². The van der Waals surface area contributed by atoms with Gasteiger partial charge in [-0.2, -0.15) is 4.31 Å². The topological polar surface area (TPSA) is 85.8 Å². The zero-order chi connectivity index (χ0) is 14.0. The normalized spacial score (nSPS) is 21.1. The summed E-state index contributed by atoms with van der Waals surface area (Å²) >= 11 is 3.13. The Hall–Kier alpha value is -0.410. The number of nitrogens with zero attached hydrogens (tertiary/aromatic N) is 1. The third kappa shape index (κ3) is 3.03. The number of furan rings is 1. The first-order valence-electron chi connectivity index (χ1n) is 5.96. The smallest absolute Gasteiger partial charge is 0.247 e. The molecule has 108 valence electrons. The van der Waals surface area contributed by atoms with Crippen LogP contribution in [0.4, 0.5) is 0 Å². The monoisotopic (exact) mass is 352 g/mol. The fraction of sp³-hybridized carbons (Fsp3) is 0.636. The van der Waals surface area contributed by atoms with Gasteiger partial charge < -0.3 is 14.9 Å². The summed E-state index contributed by atoms with van der Waals surface area (Å²) in [6.45, 7) is 1.73. The zero-order valence-corrected chi connectivity index (χ0v) is 13.0. The molecular formula is C11H17BrN2O4S.